The van der Waals surface area contributed by atoms with Gasteiger partial charge in [0.15, 0.2) is 0 Å². The molecule has 0 aliphatic carbocycles. The summed E-state index contributed by atoms with van der Waals surface area (Å²) in [4.78, 5) is 0. The van der Waals surface area contributed by atoms with Crippen molar-refractivity contribution in [2.75, 3.05) is 0 Å². The lowest BCUT2D eigenvalue weighted by Gasteiger charge is -2.07. The average Bonchev–Trinajstić information content (AvgIpc) is 2.24. The first kappa shape index (κ1) is 12.2. The van der Waals surface area contributed by atoms with Crippen LogP contribution >= 0.6 is 0 Å². The quantitative estimate of drug-likeness (QED) is 0.474. The highest BCUT2D eigenvalue weighted by atomic mass is 14.4. The molecular weight excluding hydrogens is 174 g/mol. The third kappa shape index (κ3) is 3.74. The maximum atomic E-state index is 8.67. The average molecular weight is 187 g/mol. The number of rotatable bonds is 6. The molecule has 0 bridgehead atoms. The Morgan fingerprint density at radius 3 is 2.00 bits per heavy atom. The van der Waals surface area contributed by atoms with Crippen molar-refractivity contribution in [3.05, 3.63) is 12.7 Å². The lowest BCUT2D eigenvalue weighted by Crippen LogP contribution is -2.12. The summed E-state index contributed by atoms with van der Waals surface area (Å²) in [6, 6.07) is 5.29. The highest BCUT2D eigenvalue weighted by Crippen LogP contribution is 2.22. The molecule has 0 unspecified atom stereocenters. The Bertz CT molecular complexity index is 262. The Kier molecular flexibility index (Phi) is 5.84. The Balaban J connectivity index is 3.89. The van der Waals surface area contributed by atoms with Crippen LogP contribution in [0.5, 0.6) is 0 Å². The predicted molar refractivity (Wildman–Crippen MR) is 52.6 cm³/mol. The minimum Gasteiger partial charge on any atom is -0.195 e. The van der Waals surface area contributed by atoms with Crippen LogP contribution in [-0.2, 0) is 0 Å². The first-order valence-corrected chi connectivity index (χ1v) is 4.59. The number of hydrogen-bond acceptors (Lipinski definition) is 3. The first-order valence-electron chi connectivity index (χ1n) is 4.59. The van der Waals surface area contributed by atoms with Gasteiger partial charge < -0.3 is 0 Å². The predicted octanol–water partition coefficient (Wildman–Crippen LogP) is 2.68. The molecule has 0 aliphatic heterocycles. The second-order valence-corrected chi connectivity index (χ2v) is 3.13. The van der Waals surface area contributed by atoms with E-state index in [2.05, 4.69) is 6.58 Å². The summed E-state index contributed by atoms with van der Waals surface area (Å²) < 4.78 is 0. The largest absolute Gasteiger partial charge is 0.228 e. The van der Waals surface area contributed by atoms with Gasteiger partial charge in [-0.2, -0.15) is 15.8 Å². The van der Waals surface area contributed by atoms with Gasteiger partial charge in [-0.15, -0.1) is 6.58 Å². The molecule has 0 atom stereocenters. The monoisotopic (exact) mass is 187 g/mol. The van der Waals surface area contributed by atoms with Crippen LogP contribution in [0, 0.1) is 39.4 Å². The molecule has 0 aliphatic rings. The lowest BCUT2D eigenvalue weighted by molar-refractivity contribution is 0.540. The van der Waals surface area contributed by atoms with Gasteiger partial charge in [-0.05, 0) is 25.7 Å². The zero-order valence-electron chi connectivity index (χ0n) is 8.16. The molecule has 0 radical (unpaired) electrons. The van der Waals surface area contributed by atoms with Crippen LogP contribution in [0.1, 0.15) is 32.1 Å². The normalized spacial score (nSPS) is 9.50. The molecule has 0 saturated heterocycles. The van der Waals surface area contributed by atoms with Gasteiger partial charge in [0, 0.05) is 0 Å². The van der Waals surface area contributed by atoms with Crippen molar-refractivity contribution in [1.29, 1.82) is 15.8 Å². The van der Waals surface area contributed by atoms with Crippen molar-refractivity contribution >= 4 is 0 Å². The lowest BCUT2D eigenvalue weighted by atomic mass is 9.87. The highest BCUT2D eigenvalue weighted by Gasteiger charge is 2.28. The fraction of sp³-hybridized carbons (Fsp3) is 0.545. The summed E-state index contributed by atoms with van der Waals surface area (Å²) in [5.74, 6) is 0. The summed E-state index contributed by atoms with van der Waals surface area (Å²) in [6.07, 6.45) is 5.79. The maximum Gasteiger partial charge on any atom is 0.228 e. The summed E-state index contributed by atoms with van der Waals surface area (Å²) >= 11 is 0. The summed E-state index contributed by atoms with van der Waals surface area (Å²) in [5.41, 5.74) is -1.44. The third-order valence-electron chi connectivity index (χ3n) is 2.03. The van der Waals surface area contributed by atoms with Crippen molar-refractivity contribution in [3.8, 4) is 18.2 Å². The molecule has 0 aromatic rings. The molecular formula is C11H13N3. The highest BCUT2D eigenvalue weighted by molar-refractivity contribution is 5.25. The minimum atomic E-state index is -1.44. The smallest absolute Gasteiger partial charge is 0.195 e. The molecule has 0 spiro atoms. The van der Waals surface area contributed by atoms with E-state index in [1.165, 1.54) is 0 Å². The standard InChI is InChI=1S/C11H13N3/c1-2-3-4-5-6-7-11(8-12,9-13)10-14/h2H,1,3-7H2. The second-order valence-electron chi connectivity index (χ2n) is 3.13. The number of nitriles is 3. The van der Waals surface area contributed by atoms with Gasteiger partial charge in [-0.3, -0.25) is 0 Å². The van der Waals surface area contributed by atoms with Crippen LogP contribution in [0.2, 0.25) is 0 Å². The van der Waals surface area contributed by atoms with Crippen LogP contribution in [0.4, 0.5) is 0 Å². The molecule has 3 heteroatoms. The first-order chi connectivity index (χ1) is 6.74. The molecule has 0 rings (SSSR count). The van der Waals surface area contributed by atoms with E-state index >= 15 is 0 Å². The van der Waals surface area contributed by atoms with Gasteiger partial charge in [-0.1, -0.05) is 12.5 Å². The molecule has 0 fully saturated rings. The van der Waals surface area contributed by atoms with Gasteiger partial charge in [0.1, 0.15) is 18.2 Å². The zero-order valence-corrected chi connectivity index (χ0v) is 8.16. The zero-order chi connectivity index (χ0) is 10.9. The van der Waals surface area contributed by atoms with Crippen molar-refractivity contribution in [2.45, 2.75) is 32.1 Å². The van der Waals surface area contributed by atoms with E-state index < -0.39 is 5.41 Å². The fourth-order valence-electron chi connectivity index (χ4n) is 1.10. The number of unbranched alkanes of at least 4 members (excludes halogenated alkanes) is 3. The Morgan fingerprint density at radius 1 is 1.00 bits per heavy atom. The Morgan fingerprint density at radius 2 is 1.57 bits per heavy atom. The second kappa shape index (κ2) is 6.70. The topological polar surface area (TPSA) is 71.4 Å². The van der Waals surface area contributed by atoms with Crippen LogP contribution in [0.15, 0.2) is 12.7 Å². The molecule has 0 aromatic heterocycles. The van der Waals surface area contributed by atoms with Crippen LogP contribution in [0.25, 0.3) is 0 Å². The van der Waals surface area contributed by atoms with Gasteiger partial charge >= 0.3 is 0 Å². The summed E-state index contributed by atoms with van der Waals surface area (Å²) in [5, 5.41) is 26.0. The fourth-order valence-corrected chi connectivity index (χ4v) is 1.10. The number of allylic oxidation sites excluding steroid dienone is 1. The van der Waals surface area contributed by atoms with Crippen LogP contribution in [0.3, 0.4) is 0 Å². The van der Waals surface area contributed by atoms with Crippen molar-refractivity contribution < 1.29 is 0 Å². The molecule has 0 N–H and O–H groups in total. The van der Waals surface area contributed by atoms with E-state index in [4.69, 9.17) is 15.8 Å². The van der Waals surface area contributed by atoms with E-state index in [1.807, 2.05) is 6.08 Å². The Hall–Kier alpha value is -1.79. The molecule has 0 aromatic carbocycles. The molecule has 0 heterocycles. The Labute approximate surface area is 84.9 Å². The molecule has 0 amide bonds. The minimum absolute atomic E-state index is 0.341. The van der Waals surface area contributed by atoms with E-state index in [0.29, 0.717) is 6.42 Å². The summed E-state index contributed by atoms with van der Waals surface area (Å²) in [6.45, 7) is 3.60. The molecule has 3 nitrogen and oxygen atoms in total. The van der Waals surface area contributed by atoms with E-state index in [0.717, 1.165) is 25.7 Å². The van der Waals surface area contributed by atoms with Gasteiger partial charge in [0.2, 0.25) is 5.41 Å². The number of nitrogens with zero attached hydrogens (tertiary/aromatic N) is 3. The maximum absolute atomic E-state index is 8.67. The molecule has 14 heavy (non-hydrogen) atoms. The van der Waals surface area contributed by atoms with E-state index in [-0.39, 0.29) is 0 Å². The molecule has 0 saturated carbocycles. The van der Waals surface area contributed by atoms with Gasteiger partial charge in [0.25, 0.3) is 0 Å². The van der Waals surface area contributed by atoms with Gasteiger partial charge in [-0.25, -0.2) is 0 Å². The SMILES string of the molecule is C=CCCCCCC(C#N)(C#N)C#N. The van der Waals surface area contributed by atoms with E-state index in [1.54, 1.807) is 18.2 Å². The molecule has 72 valence electrons. The van der Waals surface area contributed by atoms with Crippen LogP contribution in [-0.4, -0.2) is 0 Å². The summed E-state index contributed by atoms with van der Waals surface area (Å²) in [7, 11) is 0. The van der Waals surface area contributed by atoms with Crippen LogP contribution < -0.4 is 0 Å². The van der Waals surface area contributed by atoms with Crippen molar-refractivity contribution in [2.24, 2.45) is 5.41 Å². The number of hydrogen-bond donors (Lipinski definition) is 0. The third-order valence-corrected chi connectivity index (χ3v) is 2.03. The van der Waals surface area contributed by atoms with Gasteiger partial charge in [0.05, 0.1) is 0 Å². The van der Waals surface area contributed by atoms with E-state index in [9.17, 15) is 0 Å². The van der Waals surface area contributed by atoms with Crippen molar-refractivity contribution in [3.63, 3.8) is 0 Å². The van der Waals surface area contributed by atoms with Crippen molar-refractivity contribution in [1.82, 2.24) is 0 Å².